The Morgan fingerprint density at radius 1 is 1.48 bits per heavy atom. The Hall–Kier alpha value is -1.90. The highest BCUT2D eigenvalue weighted by Crippen LogP contribution is 2.23. The fourth-order valence-electron chi connectivity index (χ4n) is 3.04. The first-order valence-corrected chi connectivity index (χ1v) is 10.1. The minimum absolute atomic E-state index is 0.0131. The van der Waals surface area contributed by atoms with E-state index in [0.29, 0.717) is 35.6 Å². The fourth-order valence-corrected chi connectivity index (χ4v) is 4.00. The van der Waals surface area contributed by atoms with Gasteiger partial charge < -0.3 is 15.2 Å². The Kier molecular flexibility index (Phi) is 6.87. The zero-order valence-corrected chi connectivity index (χ0v) is 16.2. The number of aliphatic hydroxyl groups is 1. The quantitative estimate of drug-likeness (QED) is 0.524. The minimum atomic E-state index is -0.403. The standard InChI is InChI=1S/C19H25N3O4S/c1-13(17(24)20-12-14-6-4-11-26-14)27-19-21-16-8-3-2-7-15(16)18(25)22(19)9-5-10-23/h2-3,7-8,13-14,23H,4-6,9-12H2,1H3,(H,20,24). The average molecular weight is 391 g/mol. The highest BCUT2D eigenvalue weighted by atomic mass is 32.2. The number of carbonyl (C=O) groups excluding carboxylic acids is 1. The van der Waals surface area contributed by atoms with Crippen molar-refractivity contribution in [1.29, 1.82) is 0 Å². The second-order valence-electron chi connectivity index (χ2n) is 6.59. The van der Waals surface area contributed by atoms with Gasteiger partial charge in [-0.25, -0.2) is 4.98 Å². The summed E-state index contributed by atoms with van der Waals surface area (Å²) in [5, 5.41) is 12.7. The summed E-state index contributed by atoms with van der Waals surface area (Å²) < 4.78 is 7.07. The first-order valence-electron chi connectivity index (χ1n) is 9.26. The van der Waals surface area contributed by atoms with E-state index in [0.717, 1.165) is 19.4 Å². The zero-order chi connectivity index (χ0) is 19.2. The van der Waals surface area contributed by atoms with Crippen molar-refractivity contribution in [2.75, 3.05) is 19.8 Å². The van der Waals surface area contributed by atoms with Crippen LogP contribution in [0.25, 0.3) is 10.9 Å². The molecule has 3 rings (SSSR count). The SMILES string of the molecule is CC(Sc1nc2ccccc2c(=O)n1CCCO)C(=O)NCC1CCCO1. The summed E-state index contributed by atoms with van der Waals surface area (Å²) in [6, 6.07) is 7.17. The molecule has 2 unspecified atom stereocenters. The summed E-state index contributed by atoms with van der Waals surface area (Å²) in [6.45, 7) is 3.41. The molecule has 2 aromatic rings. The fraction of sp³-hybridized carbons (Fsp3) is 0.526. The van der Waals surface area contributed by atoms with Crippen LogP contribution in [0.5, 0.6) is 0 Å². The van der Waals surface area contributed by atoms with E-state index in [2.05, 4.69) is 10.3 Å². The third-order valence-electron chi connectivity index (χ3n) is 4.55. The molecule has 8 heteroatoms. The lowest BCUT2D eigenvalue weighted by atomic mass is 10.2. The van der Waals surface area contributed by atoms with Gasteiger partial charge in [-0.05, 0) is 38.3 Å². The number of nitrogens with one attached hydrogen (secondary N) is 1. The normalized spacial score (nSPS) is 17.9. The highest BCUT2D eigenvalue weighted by molar-refractivity contribution is 8.00. The van der Waals surface area contributed by atoms with E-state index in [1.54, 1.807) is 29.7 Å². The van der Waals surface area contributed by atoms with Gasteiger partial charge in [-0.3, -0.25) is 14.2 Å². The molecule has 146 valence electrons. The van der Waals surface area contributed by atoms with Crippen LogP contribution in [0.15, 0.2) is 34.2 Å². The van der Waals surface area contributed by atoms with Crippen LogP contribution < -0.4 is 10.9 Å². The lowest BCUT2D eigenvalue weighted by molar-refractivity contribution is -0.120. The predicted molar refractivity (Wildman–Crippen MR) is 105 cm³/mol. The molecule has 2 atom stereocenters. The molecule has 7 nitrogen and oxygen atoms in total. The predicted octanol–water partition coefficient (Wildman–Crippen LogP) is 1.55. The molecule has 1 aliphatic rings. The van der Waals surface area contributed by atoms with Crippen molar-refractivity contribution in [3.8, 4) is 0 Å². The largest absolute Gasteiger partial charge is 0.396 e. The van der Waals surface area contributed by atoms with E-state index < -0.39 is 5.25 Å². The van der Waals surface area contributed by atoms with Crippen molar-refractivity contribution in [2.45, 2.75) is 49.2 Å². The number of hydrogen-bond donors (Lipinski definition) is 2. The number of aliphatic hydroxyl groups excluding tert-OH is 1. The van der Waals surface area contributed by atoms with Crippen LogP contribution in [-0.4, -0.2) is 51.7 Å². The molecular weight excluding hydrogens is 366 g/mol. The molecule has 1 aliphatic heterocycles. The van der Waals surface area contributed by atoms with Gasteiger partial charge in [0, 0.05) is 26.3 Å². The highest BCUT2D eigenvalue weighted by Gasteiger charge is 2.21. The van der Waals surface area contributed by atoms with Crippen LogP contribution in [0.3, 0.4) is 0 Å². The molecule has 0 spiro atoms. The molecule has 0 aliphatic carbocycles. The smallest absolute Gasteiger partial charge is 0.262 e. The second kappa shape index (κ2) is 9.34. The molecule has 27 heavy (non-hydrogen) atoms. The summed E-state index contributed by atoms with van der Waals surface area (Å²) in [5.41, 5.74) is 0.459. The van der Waals surface area contributed by atoms with Crippen molar-refractivity contribution >= 4 is 28.6 Å². The molecule has 0 radical (unpaired) electrons. The Bertz CT molecular complexity index is 848. The summed E-state index contributed by atoms with van der Waals surface area (Å²) in [7, 11) is 0. The van der Waals surface area contributed by atoms with E-state index >= 15 is 0 Å². The molecule has 1 fully saturated rings. The number of ether oxygens (including phenoxy) is 1. The number of thioether (sulfide) groups is 1. The third-order valence-corrected chi connectivity index (χ3v) is 5.64. The molecule has 1 aromatic carbocycles. The first-order chi connectivity index (χ1) is 13.1. The number of carbonyl (C=O) groups is 1. The zero-order valence-electron chi connectivity index (χ0n) is 15.4. The number of para-hydroxylation sites is 1. The lowest BCUT2D eigenvalue weighted by Crippen LogP contribution is -2.37. The molecule has 2 N–H and O–H groups in total. The van der Waals surface area contributed by atoms with Gasteiger partial charge in [0.2, 0.25) is 5.91 Å². The maximum Gasteiger partial charge on any atom is 0.262 e. The number of amides is 1. The van der Waals surface area contributed by atoms with Gasteiger partial charge >= 0.3 is 0 Å². The lowest BCUT2D eigenvalue weighted by Gasteiger charge is -2.17. The van der Waals surface area contributed by atoms with Gasteiger partial charge in [0.25, 0.3) is 5.56 Å². The second-order valence-corrected chi connectivity index (χ2v) is 7.89. The molecule has 1 amide bonds. The van der Waals surface area contributed by atoms with Crippen molar-refractivity contribution in [3.05, 3.63) is 34.6 Å². The topological polar surface area (TPSA) is 93.5 Å². The number of rotatable bonds is 8. The van der Waals surface area contributed by atoms with Crippen molar-refractivity contribution in [3.63, 3.8) is 0 Å². The Balaban J connectivity index is 1.77. The van der Waals surface area contributed by atoms with Crippen LogP contribution >= 0.6 is 11.8 Å². The van der Waals surface area contributed by atoms with E-state index in [4.69, 9.17) is 9.84 Å². The van der Waals surface area contributed by atoms with Crippen molar-refractivity contribution in [2.24, 2.45) is 0 Å². The average Bonchev–Trinajstić information content (AvgIpc) is 3.19. The number of hydrogen-bond acceptors (Lipinski definition) is 6. The monoisotopic (exact) mass is 391 g/mol. The number of benzene rings is 1. The van der Waals surface area contributed by atoms with E-state index in [1.807, 2.05) is 6.07 Å². The van der Waals surface area contributed by atoms with Crippen LogP contribution in [0, 0.1) is 0 Å². The van der Waals surface area contributed by atoms with Gasteiger partial charge in [-0.1, -0.05) is 23.9 Å². The Labute approximate surface area is 162 Å². The summed E-state index contributed by atoms with van der Waals surface area (Å²) in [4.78, 5) is 29.8. The van der Waals surface area contributed by atoms with Crippen LogP contribution in [0.4, 0.5) is 0 Å². The Morgan fingerprint density at radius 3 is 3.04 bits per heavy atom. The summed E-state index contributed by atoms with van der Waals surface area (Å²) >= 11 is 1.26. The van der Waals surface area contributed by atoms with E-state index in [9.17, 15) is 9.59 Å². The minimum Gasteiger partial charge on any atom is -0.396 e. The number of aromatic nitrogens is 2. The first kappa shape index (κ1) is 19.9. The van der Waals surface area contributed by atoms with Gasteiger partial charge in [0.05, 0.1) is 22.3 Å². The third kappa shape index (κ3) is 4.88. The van der Waals surface area contributed by atoms with Crippen LogP contribution in [0.2, 0.25) is 0 Å². The van der Waals surface area contributed by atoms with Gasteiger partial charge in [0.15, 0.2) is 5.16 Å². The molecule has 2 heterocycles. The molecule has 0 bridgehead atoms. The molecular formula is C19H25N3O4S. The molecule has 1 aromatic heterocycles. The van der Waals surface area contributed by atoms with Gasteiger partial charge in [-0.15, -0.1) is 0 Å². The Morgan fingerprint density at radius 2 is 2.30 bits per heavy atom. The summed E-state index contributed by atoms with van der Waals surface area (Å²) in [6.07, 6.45) is 2.54. The van der Waals surface area contributed by atoms with Crippen LogP contribution in [0.1, 0.15) is 26.2 Å². The molecule has 0 saturated carbocycles. The van der Waals surface area contributed by atoms with Crippen molar-refractivity contribution in [1.82, 2.24) is 14.9 Å². The van der Waals surface area contributed by atoms with Gasteiger partial charge in [0.1, 0.15) is 0 Å². The van der Waals surface area contributed by atoms with E-state index in [-0.39, 0.29) is 24.2 Å². The summed E-state index contributed by atoms with van der Waals surface area (Å²) in [5.74, 6) is -0.105. The number of fused-ring (bicyclic) bond motifs is 1. The van der Waals surface area contributed by atoms with Crippen LogP contribution in [-0.2, 0) is 16.1 Å². The van der Waals surface area contributed by atoms with Gasteiger partial charge in [-0.2, -0.15) is 0 Å². The molecule has 1 saturated heterocycles. The maximum atomic E-state index is 12.8. The van der Waals surface area contributed by atoms with Crippen molar-refractivity contribution < 1.29 is 14.6 Å². The maximum absolute atomic E-state index is 12.8. The van der Waals surface area contributed by atoms with E-state index in [1.165, 1.54) is 11.8 Å². The number of nitrogens with zero attached hydrogens (tertiary/aromatic N) is 2.